The number of benzene rings is 1. The van der Waals surface area contributed by atoms with Crippen LogP contribution in [0.3, 0.4) is 0 Å². The lowest BCUT2D eigenvalue weighted by atomic mass is 10.1. The molecule has 0 fully saturated rings. The van der Waals surface area contributed by atoms with Crippen molar-refractivity contribution >= 4 is 5.91 Å². The molecule has 6 heteroatoms. The van der Waals surface area contributed by atoms with Crippen LogP contribution in [0, 0.1) is 0 Å². The van der Waals surface area contributed by atoms with Gasteiger partial charge in [-0.3, -0.25) is 4.79 Å². The third-order valence-electron chi connectivity index (χ3n) is 4.39. The molecule has 1 unspecified atom stereocenters. The molecule has 0 aliphatic carbocycles. The van der Waals surface area contributed by atoms with Gasteiger partial charge in [0.15, 0.2) is 5.76 Å². The molecule has 1 amide bonds. The van der Waals surface area contributed by atoms with E-state index in [1.165, 1.54) is 0 Å². The Labute approximate surface area is 163 Å². The highest BCUT2D eigenvalue weighted by Crippen LogP contribution is 2.27. The second-order valence-electron chi connectivity index (χ2n) is 6.23. The summed E-state index contributed by atoms with van der Waals surface area (Å²) >= 11 is 0. The zero-order valence-electron chi connectivity index (χ0n) is 15.9. The maximum atomic E-state index is 12.6. The Morgan fingerprint density at radius 1 is 1.21 bits per heavy atom. The summed E-state index contributed by atoms with van der Waals surface area (Å²) in [6.45, 7) is 3.74. The van der Waals surface area contributed by atoms with E-state index in [0.717, 1.165) is 22.6 Å². The third kappa shape index (κ3) is 4.46. The Morgan fingerprint density at radius 3 is 2.75 bits per heavy atom. The lowest BCUT2D eigenvalue weighted by Gasteiger charge is -2.14. The molecule has 1 atom stereocenters. The smallest absolute Gasteiger partial charge is 0.287 e. The van der Waals surface area contributed by atoms with Crippen LogP contribution in [0.1, 0.15) is 39.9 Å². The fraction of sp³-hybridized carbons (Fsp3) is 0.227. The summed E-state index contributed by atoms with van der Waals surface area (Å²) in [5.41, 5.74) is 1.78. The number of hydrogen-bond donors (Lipinski definition) is 1. The first-order valence-electron chi connectivity index (χ1n) is 8.88. The molecule has 6 nitrogen and oxygen atoms in total. The second kappa shape index (κ2) is 8.99. The number of methoxy groups -OCH3 is 2. The standard InChI is InChI=1S/C22H23NO5/c1-4-5-19(15-10-11-27-14-15)23-22(24)21-9-7-18(28-21)13-16-12-17(25-2)6-8-20(16)26-3/h4,6-12,14,19H,1,5,13H2,2-3H3,(H,23,24). The number of hydrogen-bond acceptors (Lipinski definition) is 5. The van der Waals surface area contributed by atoms with E-state index in [9.17, 15) is 4.79 Å². The van der Waals surface area contributed by atoms with Crippen LogP contribution in [0.4, 0.5) is 0 Å². The van der Waals surface area contributed by atoms with Gasteiger partial charge in [-0.25, -0.2) is 0 Å². The number of ether oxygens (including phenoxy) is 2. The summed E-state index contributed by atoms with van der Waals surface area (Å²) in [6.07, 6.45) is 5.99. The third-order valence-corrected chi connectivity index (χ3v) is 4.39. The average molecular weight is 381 g/mol. The van der Waals surface area contributed by atoms with E-state index in [4.69, 9.17) is 18.3 Å². The lowest BCUT2D eigenvalue weighted by Crippen LogP contribution is -2.27. The van der Waals surface area contributed by atoms with E-state index >= 15 is 0 Å². The quantitative estimate of drug-likeness (QED) is 0.551. The van der Waals surface area contributed by atoms with Crippen LogP contribution in [0.25, 0.3) is 0 Å². The van der Waals surface area contributed by atoms with E-state index in [0.29, 0.717) is 18.6 Å². The van der Waals surface area contributed by atoms with Gasteiger partial charge in [0, 0.05) is 17.5 Å². The second-order valence-corrected chi connectivity index (χ2v) is 6.23. The van der Waals surface area contributed by atoms with Gasteiger partial charge < -0.3 is 23.6 Å². The van der Waals surface area contributed by atoms with Crippen molar-refractivity contribution in [3.8, 4) is 11.5 Å². The van der Waals surface area contributed by atoms with Crippen molar-refractivity contribution in [1.29, 1.82) is 0 Å². The first-order chi connectivity index (χ1) is 13.6. The molecule has 146 valence electrons. The first kappa shape index (κ1) is 19.4. The van der Waals surface area contributed by atoms with Gasteiger partial charge in [0.25, 0.3) is 5.91 Å². The average Bonchev–Trinajstić information content (AvgIpc) is 3.40. The molecule has 3 aromatic rings. The lowest BCUT2D eigenvalue weighted by molar-refractivity contribution is 0.0907. The molecule has 3 rings (SSSR count). The molecule has 0 spiro atoms. The predicted molar refractivity (Wildman–Crippen MR) is 105 cm³/mol. The van der Waals surface area contributed by atoms with Crippen molar-refractivity contribution in [3.05, 3.63) is 84.2 Å². The van der Waals surface area contributed by atoms with Crippen molar-refractivity contribution in [2.75, 3.05) is 14.2 Å². The monoisotopic (exact) mass is 381 g/mol. The highest BCUT2D eigenvalue weighted by Gasteiger charge is 2.19. The van der Waals surface area contributed by atoms with Gasteiger partial charge in [0.1, 0.15) is 17.3 Å². The molecule has 0 radical (unpaired) electrons. The van der Waals surface area contributed by atoms with Gasteiger partial charge in [-0.15, -0.1) is 6.58 Å². The molecule has 0 aliphatic heterocycles. The normalized spacial score (nSPS) is 11.6. The van der Waals surface area contributed by atoms with Gasteiger partial charge in [0.05, 0.1) is 32.8 Å². The molecule has 0 saturated heterocycles. The molecular weight excluding hydrogens is 358 g/mol. The molecule has 28 heavy (non-hydrogen) atoms. The van der Waals surface area contributed by atoms with E-state index in [1.807, 2.05) is 24.3 Å². The summed E-state index contributed by atoms with van der Waals surface area (Å²) in [5, 5.41) is 2.95. The summed E-state index contributed by atoms with van der Waals surface area (Å²) in [5.74, 6) is 2.06. The number of rotatable bonds is 9. The summed E-state index contributed by atoms with van der Waals surface area (Å²) < 4.78 is 21.5. The maximum Gasteiger partial charge on any atom is 0.287 e. The molecular formula is C22H23NO5. The van der Waals surface area contributed by atoms with Crippen LogP contribution in [0.15, 0.2) is 70.4 Å². The molecule has 2 aromatic heterocycles. The molecule has 0 aliphatic rings. The van der Waals surface area contributed by atoms with Crippen molar-refractivity contribution in [2.24, 2.45) is 0 Å². The molecule has 1 N–H and O–H groups in total. The van der Waals surface area contributed by atoms with Crippen LogP contribution in [0.5, 0.6) is 11.5 Å². The topological polar surface area (TPSA) is 73.8 Å². The number of carbonyl (C=O) groups excluding carboxylic acids is 1. The van der Waals surface area contributed by atoms with Crippen LogP contribution in [-0.2, 0) is 6.42 Å². The van der Waals surface area contributed by atoms with Crippen molar-refractivity contribution in [2.45, 2.75) is 18.9 Å². The minimum atomic E-state index is -0.295. The Hall–Kier alpha value is -3.41. The Kier molecular flexibility index (Phi) is 6.22. The van der Waals surface area contributed by atoms with Crippen LogP contribution < -0.4 is 14.8 Å². The SMILES string of the molecule is C=CCC(NC(=O)c1ccc(Cc2cc(OC)ccc2OC)o1)c1ccoc1. The van der Waals surface area contributed by atoms with Gasteiger partial charge in [-0.1, -0.05) is 6.08 Å². The summed E-state index contributed by atoms with van der Waals surface area (Å²) in [6, 6.07) is 10.6. The Morgan fingerprint density at radius 2 is 2.07 bits per heavy atom. The fourth-order valence-corrected chi connectivity index (χ4v) is 2.95. The molecule has 0 saturated carbocycles. The summed E-state index contributed by atoms with van der Waals surface area (Å²) in [4.78, 5) is 12.6. The van der Waals surface area contributed by atoms with Gasteiger partial charge in [0.2, 0.25) is 0 Å². The Balaban J connectivity index is 1.73. The van der Waals surface area contributed by atoms with E-state index in [1.54, 1.807) is 45.0 Å². The van der Waals surface area contributed by atoms with Gasteiger partial charge >= 0.3 is 0 Å². The van der Waals surface area contributed by atoms with Crippen LogP contribution in [0.2, 0.25) is 0 Å². The minimum Gasteiger partial charge on any atom is -0.497 e. The highest BCUT2D eigenvalue weighted by atomic mass is 16.5. The van der Waals surface area contributed by atoms with Crippen LogP contribution >= 0.6 is 0 Å². The predicted octanol–water partition coefficient (Wildman–Crippen LogP) is 4.53. The van der Waals surface area contributed by atoms with Gasteiger partial charge in [-0.05, 0) is 42.8 Å². The highest BCUT2D eigenvalue weighted by molar-refractivity contribution is 5.91. The zero-order chi connectivity index (χ0) is 19.9. The number of amides is 1. The minimum absolute atomic E-state index is 0.226. The van der Waals surface area contributed by atoms with E-state index < -0.39 is 0 Å². The maximum absolute atomic E-state index is 12.6. The van der Waals surface area contributed by atoms with Crippen LogP contribution in [-0.4, -0.2) is 20.1 Å². The largest absolute Gasteiger partial charge is 0.497 e. The van der Waals surface area contributed by atoms with Gasteiger partial charge in [-0.2, -0.15) is 0 Å². The fourth-order valence-electron chi connectivity index (χ4n) is 2.95. The molecule has 1 aromatic carbocycles. The Bertz CT molecular complexity index is 926. The van der Waals surface area contributed by atoms with Crippen molar-refractivity contribution < 1.29 is 23.1 Å². The number of nitrogens with one attached hydrogen (secondary N) is 1. The van der Waals surface area contributed by atoms with E-state index in [-0.39, 0.29) is 17.7 Å². The number of carbonyl (C=O) groups is 1. The van der Waals surface area contributed by atoms with Crippen molar-refractivity contribution in [1.82, 2.24) is 5.32 Å². The first-order valence-corrected chi connectivity index (χ1v) is 8.88. The number of furan rings is 2. The zero-order valence-corrected chi connectivity index (χ0v) is 15.9. The van der Waals surface area contributed by atoms with Crippen molar-refractivity contribution in [3.63, 3.8) is 0 Å². The molecule has 0 bridgehead atoms. The van der Waals surface area contributed by atoms with E-state index in [2.05, 4.69) is 11.9 Å². The summed E-state index contributed by atoms with van der Waals surface area (Å²) in [7, 11) is 3.22. The molecule has 2 heterocycles.